The Balaban J connectivity index is 1.23. The highest BCUT2D eigenvalue weighted by atomic mass is 16.5. The first-order valence-electron chi connectivity index (χ1n) is 14.2. The number of ether oxygens (including phenoxy) is 1. The third-order valence-electron chi connectivity index (χ3n) is 9.16. The predicted molar refractivity (Wildman–Crippen MR) is 174 cm³/mol. The predicted octanol–water partition coefficient (Wildman–Crippen LogP) is 11.5. The molecule has 1 heterocycles. The first-order valence-corrected chi connectivity index (χ1v) is 14.2. The van der Waals surface area contributed by atoms with Gasteiger partial charge in [-0.2, -0.15) is 0 Å². The van der Waals surface area contributed by atoms with Gasteiger partial charge in [0.1, 0.15) is 11.5 Å². The lowest BCUT2D eigenvalue weighted by Crippen LogP contribution is -1.96. The zero-order chi connectivity index (χ0) is 26.7. The van der Waals surface area contributed by atoms with Gasteiger partial charge in [0.25, 0.3) is 0 Å². The zero-order valence-corrected chi connectivity index (χ0v) is 22.1. The quantitative estimate of drug-likeness (QED) is 0.207. The summed E-state index contributed by atoms with van der Waals surface area (Å²) >= 11 is 0. The molecule has 9 aromatic carbocycles. The fraction of sp³-hybridized carbons (Fsp3) is 0. The maximum Gasteiger partial charge on any atom is 0.135 e. The maximum absolute atomic E-state index is 6.47. The highest BCUT2D eigenvalue weighted by Crippen LogP contribution is 2.49. The lowest BCUT2D eigenvalue weighted by atomic mass is 9.88. The normalized spacial score (nSPS) is 12.6. The van der Waals surface area contributed by atoms with Crippen LogP contribution in [-0.4, -0.2) is 0 Å². The summed E-state index contributed by atoms with van der Waals surface area (Å²) in [5.41, 5.74) is 4.94. The molecule has 0 saturated heterocycles. The van der Waals surface area contributed by atoms with Crippen LogP contribution in [0.15, 0.2) is 133 Å². The topological polar surface area (TPSA) is 9.23 Å². The fourth-order valence-corrected chi connectivity index (χ4v) is 7.36. The smallest absolute Gasteiger partial charge is 0.135 e. The third-order valence-corrected chi connectivity index (χ3v) is 9.16. The molecule has 0 amide bonds. The summed E-state index contributed by atoms with van der Waals surface area (Å²) in [5, 5.41) is 15.3. The van der Waals surface area contributed by atoms with Crippen molar-refractivity contribution < 1.29 is 4.74 Å². The molecule has 1 aliphatic rings. The molecular weight excluding hydrogens is 496 g/mol. The Hall–Kier alpha value is -5.40. The van der Waals surface area contributed by atoms with E-state index < -0.39 is 0 Å². The average molecular weight is 519 g/mol. The Morgan fingerprint density at radius 1 is 0.317 bits per heavy atom. The van der Waals surface area contributed by atoms with Gasteiger partial charge in [-0.3, -0.25) is 0 Å². The summed E-state index contributed by atoms with van der Waals surface area (Å²) in [6.45, 7) is 0. The van der Waals surface area contributed by atoms with Crippen LogP contribution in [0.25, 0.3) is 86.9 Å². The SMILES string of the molecule is c1cc(-c2ccc3c4c2ccc2ccc5cccc(c5c24)O3)cc(-c2ccc3ccc4cccc5ccc2c3c45)c1. The van der Waals surface area contributed by atoms with Crippen molar-refractivity contribution in [3.63, 3.8) is 0 Å². The van der Waals surface area contributed by atoms with Crippen LogP contribution in [0.2, 0.25) is 0 Å². The zero-order valence-electron chi connectivity index (χ0n) is 22.1. The van der Waals surface area contributed by atoms with Crippen molar-refractivity contribution in [3.05, 3.63) is 133 Å². The molecule has 10 rings (SSSR count). The third kappa shape index (κ3) is 2.80. The van der Waals surface area contributed by atoms with Crippen LogP contribution >= 0.6 is 0 Å². The molecule has 1 heteroatoms. The van der Waals surface area contributed by atoms with Crippen LogP contribution < -0.4 is 4.74 Å². The molecule has 1 nitrogen and oxygen atoms in total. The monoisotopic (exact) mass is 518 g/mol. The van der Waals surface area contributed by atoms with Gasteiger partial charge in [-0.1, -0.05) is 115 Å². The molecular formula is C40H22O. The van der Waals surface area contributed by atoms with Crippen LogP contribution in [0.1, 0.15) is 0 Å². The fourth-order valence-electron chi connectivity index (χ4n) is 7.36. The van der Waals surface area contributed by atoms with Crippen molar-refractivity contribution in [1.29, 1.82) is 0 Å². The first-order chi connectivity index (χ1) is 20.3. The molecule has 0 bridgehead atoms. The lowest BCUT2D eigenvalue weighted by molar-refractivity contribution is 0.493. The van der Waals surface area contributed by atoms with Gasteiger partial charge in [-0.05, 0) is 88.9 Å². The van der Waals surface area contributed by atoms with Crippen LogP contribution in [0.5, 0.6) is 11.5 Å². The number of benzene rings is 9. The van der Waals surface area contributed by atoms with E-state index in [4.69, 9.17) is 4.74 Å². The van der Waals surface area contributed by atoms with E-state index in [-0.39, 0.29) is 0 Å². The van der Waals surface area contributed by atoms with Crippen LogP contribution in [0, 0.1) is 0 Å². The second kappa shape index (κ2) is 7.62. The van der Waals surface area contributed by atoms with Gasteiger partial charge >= 0.3 is 0 Å². The van der Waals surface area contributed by atoms with E-state index in [9.17, 15) is 0 Å². The molecule has 0 aromatic heterocycles. The molecule has 0 radical (unpaired) electrons. The summed E-state index contributed by atoms with van der Waals surface area (Å²) in [4.78, 5) is 0. The van der Waals surface area contributed by atoms with Gasteiger partial charge in [0, 0.05) is 16.2 Å². The van der Waals surface area contributed by atoms with Crippen molar-refractivity contribution in [3.8, 4) is 33.8 Å². The Morgan fingerprint density at radius 3 is 1.54 bits per heavy atom. The van der Waals surface area contributed by atoms with Gasteiger partial charge < -0.3 is 4.74 Å². The van der Waals surface area contributed by atoms with E-state index >= 15 is 0 Å². The molecule has 188 valence electrons. The van der Waals surface area contributed by atoms with Crippen molar-refractivity contribution in [2.75, 3.05) is 0 Å². The molecule has 1 aliphatic heterocycles. The van der Waals surface area contributed by atoms with Crippen LogP contribution in [-0.2, 0) is 0 Å². The number of rotatable bonds is 2. The van der Waals surface area contributed by atoms with E-state index in [1.165, 1.54) is 86.9 Å². The molecule has 0 N–H and O–H groups in total. The highest BCUT2D eigenvalue weighted by Gasteiger charge is 2.21. The summed E-state index contributed by atoms with van der Waals surface area (Å²) < 4.78 is 6.47. The Morgan fingerprint density at radius 2 is 0.805 bits per heavy atom. The molecule has 0 fully saturated rings. The van der Waals surface area contributed by atoms with E-state index in [0.29, 0.717) is 0 Å². The molecule has 9 aromatic rings. The summed E-state index contributed by atoms with van der Waals surface area (Å²) in [7, 11) is 0. The van der Waals surface area contributed by atoms with Gasteiger partial charge in [0.05, 0.1) is 0 Å². The van der Waals surface area contributed by atoms with Crippen molar-refractivity contribution in [2.24, 2.45) is 0 Å². The van der Waals surface area contributed by atoms with Gasteiger partial charge in [-0.25, -0.2) is 0 Å². The highest BCUT2D eigenvalue weighted by molar-refractivity contribution is 6.27. The van der Waals surface area contributed by atoms with Crippen LogP contribution in [0.3, 0.4) is 0 Å². The van der Waals surface area contributed by atoms with E-state index in [2.05, 4.69) is 133 Å². The Bertz CT molecular complexity index is 2540. The summed E-state index contributed by atoms with van der Waals surface area (Å²) in [6, 6.07) is 48.9. The van der Waals surface area contributed by atoms with Crippen molar-refractivity contribution in [2.45, 2.75) is 0 Å². The number of hydrogen-bond acceptors (Lipinski definition) is 1. The minimum Gasteiger partial charge on any atom is -0.456 e. The molecule has 0 atom stereocenters. The largest absolute Gasteiger partial charge is 0.456 e. The minimum absolute atomic E-state index is 0.934. The van der Waals surface area contributed by atoms with Crippen molar-refractivity contribution in [1.82, 2.24) is 0 Å². The summed E-state index contributed by atoms with van der Waals surface area (Å²) in [6.07, 6.45) is 0. The van der Waals surface area contributed by atoms with Crippen LogP contribution in [0.4, 0.5) is 0 Å². The molecule has 41 heavy (non-hydrogen) atoms. The molecule has 0 spiro atoms. The summed E-state index contributed by atoms with van der Waals surface area (Å²) in [5.74, 6) is 1.88. The Labute approximate surface area is 236 Å². The maximum atomic E-state index is 6.47. The van der Waals surface area contributed by atoms with E-state index in [1.54, 1.807) is 0 Å². The minimum atomic E-state index is 0.934. The molecule has 0 unspecified atom stereocenters. The molecule has 0 saturated carbocycles. The second-order valence-electron chi connectivity index (χ2n) is 11.3. The van der Waals surface area contributed by atoms with E-state index in [0.717, 1.165) is 11.5 Å². The Kier molecular flexibility index (Phi) is 3.98. The van der Waals surface area contributed by atoms with Crippen molar-refractivity contribution >= 4 is 64.6 Å². The van der Waals surface area contributed by atoms with E-state index in [1.807, 2.05) is 0 Å². The van der Waals surface area contributed by atoms with Gasteiger partial charge in [0.15, 0.2) is 0 Å². The number of hydrogen-bond donors (Lipinski definition) is 0. The average Bonchev–Trinajstić information content (AvgIpc) is 3.03. The lowest BCUT2D eigenvalue weighted by Gasteiger charge is -2.22. The first kappa shape index (κ1) is 21.4. The second-order valence-corrected chi connectivity index (χ2v) is 11.3. The van der Waals surface area contributed by atoms with Gasteiger partial charge in [0.2, 0.25) is 0 Å². The molecule has 0 aliphatic carbocycles. The van der Waals surface area contributed by atoms with Gasteiger partial charge in [-0.15, -0.1) is 0 Å². The standard InChI is InChI=1S/C40H22O/c1-4-23-10-12-26-14-17-30(32-18-15-24(5-1)36(23)37(26)32)28-7-2-8-29(22-28)31-20-21-35-40-33(31)19-16-27-13-11-25-6-3-9-34(41-35)38(25)39(27)40/h1-22H.